The molecule has 3 rings (SSSR count). The van der Waals surface area contributed by atoms with E-state index in [1.807, 2.05) is 36.4 Å². The van der Waals surface area contributed by atoms with Crippen LogP contribution in [0, 0.1) is 0 Å². The molecule has 0 saturated heterocycles. The van der Waals surface area contributed by atoms with E-state index in [1.165, 1.54) is 30.4 Å². The highest BCUT2D eigenvalue weighted by Gasteiger charge is 2.03. The first-order valence-electron chi connectivity index (χ1n) is 10.1. The second-order valence-electron chi connectivity index (χ2n) is 7.14. The van der Waals surface area contributed by atoms with E-state index >= 15 is 0 Å². The Morgan fingerprint density at radius 1 is 0.679 bits per heavy atom. The van der Waals surface area contributed by atoms with Gasteiger partial charge in [-0.3, -0.25) is 4.79 Å². The Morgan fingerprint density at radius 3 is 1.61 bits per heavy atom. The number of benzene rings is 3. The molecule has 0 bridgehead atoms. The number of hydrogen-bond donors (Lipinski definition) is 0. The number of unbranched alkanes of at least 4 members (excludes halogenated alkanes) is 3. The van der Waals surface area contributed by atoms with E-state index < -0.39 is 0 Å². The van der Waals surface area contributed by atoms with Crippen LogP contribution in [0.3, 0.4) is 0 Å². The molecule has 0 atom stereocenters. The van der Waals surface area contributed by atoms with E-state index in [0.717, 1.165) is 35.5 Å². The van der Waals surface area contributed by atoms with Gasteiger partial charge in [0.15, 0.2) is 5.78 Å². The molecule has 0 radical (unpaired) electrons. The number of ether oxygens (including phenoxy) is 1. The highest BCUT2D eigenvalue weighted by molar-refractivity contribution is 5.94. The molecule has 0 aliphatic carbocycles. The fraction of sp³-hybridized carbons (Fsp3) is 0.269. The SMILES string of the molecule is CCCCCCOc1ccc(-c2ccc(-c3ccc(C(C)=O)cc3)cc2)cc1. The third-order valence-electron chi connectivity index (χ3n) is 4.96. The van der Waals surface area contributed by atoms with Gasteiger partial charge < -0.3 is 4.74 Å². The van der Waals surface area contributed by atoms with Gasteiger partial charge in [0.1, 0.15) is 5.75 Å². The van der Waals surface area contributed by atoms with Crippen LogP contribution in [0.4, 0.5) is 0 Å². The summed E-state index contributed by atoms with van der Waals surface area (Å²) in [6.07, 6.45) is 4.87. The molecule has 2 nitrogen and oxygen atoms in total. The summed E-state index contributed by atoms with van der Waals surface area (Å²) in [5.74, 6) is 1.03. The molecule has 0 aliphatic rings. The van der Waals surface area contributed by atoms with E-state index in [9.17, 15) is 4.79 Å². The Balaban J connectivity index is 1.62. The van der Waals surface area contributed by atoms with Crippen LogP contribution >= 0.6 is 0 Å². The standard InChI is InChI=1S/C26H28O2/c1-3-4-5-6-19-28-26-17-15-25(16-18-26)24-13-11-23(12-14-24)22-9-7-21(8-10-22)20(2)27/h7-18H,3-6,19H2,1-2H3. The second kappa shape index (κ2) is 9.89. The monoisotopic (exact) mass is 372 g/mol. The molecule has 0 saturated carbocycles. The predicted molar refractivity (Wildman–Crippen MR) is 117 cm³/mol. The highest BCUT2D eigenvalue weighted by Crippen LogP contribution is 2.26. The van der Waals surface area contributed by atoms with Gasteiger partial charge in [-0.2, -0.15) is 0 Å². The molecule has 3 aromatic rings. The molecule has 0 spiro atoms. The maximum Gasteiger partial charge on any atom is 0.159 e. The van der Waals surface area contributed by atoms with Crippen molar-refractivity contribution in [1.82, 2.24) is 0 Å². The van der Waals surface area contributed by atoms with Gasteiger partial charge in [-0.15, -0.1) is 0 Å². The van der Waals surface area contributed by atoms with Gasteiger partial charge in [-0.05, 0) is 47.7 Å². The summed E-state index contributed by atoms with van der Waals surface area (Å²) in [6, 6.07) is 24.6. The number of ketones is 1. The molecule has 0 amide bonds. The summed E-state index contributed by atoms with van der Waals surface area (Å²) in [6.45, 7) is 4.60. The quantitative estimate of drug-likeness (QED) is 0.294. The fourth-order valence-electron chi connectivity index (χ4n) is 3.21. The zero-order valence-corrected chi connectivity index (χ0v) is 16.8. The predicted octanol–water partition coefficient (Wildman–Crippen LogP) is 7.18. The Morgan fingerprint density at radius 2 is 1.14 bits per heavy atom. The van der Waals surface area contributed by atoms with E-state index in [2.05, 4.69) is 43.3 Å². The summed E-state index contributed by atoms with van der Waals surface area (Å²) in [5.41, 5.74) is 5.36. The lowest BCUT2D eigenvalue weighted by Crippen LogP contribution is -1.96. The zero-order chi connectivity index (χ0) is 19.8. The molecule has 0 aliphatic heterocycles. The number of carbonyl (C=O) groups excluding carboxylic acids is 1. The van der Waals surface area contributed by atoms with Crippen molar-refractivity contribution in [2.45, 2.75) is 39.5 Å². The van der Waals surface area contributed by atoms with E-state index in [1.54, 1.807) is 6.92 Å². The zero-order valence-electron chi connectivity index (χ0n) is 16.8. The topological polar surface area (TPSA) is 26.3 Å². The summed E-state index contributed by atoms with van der Waals surface area (Å²) in [4.78, 5) is 11.4. The van der Waals surface area contributed by atoms with Gasteiger partial charge in [-0.1, -0.05) is 86.8 Å². The minimum absolute atomic E-state index is 0.0929. The Hall–Kier alpha value is -2.87. The average Bonchev–Trinajstić information content (AvgIpc) is 2.74. The van der Waals surface area contributed by atoms with Crippen LogP contribution in [-0.2, 0) is 0 Å². The summed E-state index contributed by atoms with van der Waals surface area (Å²) in [7, 11) is 0. The van der Waals surface area contributed by atoms with E-state index in [0.29, 0.717) is 0 Å². The fourth-order valence-corrected chi connectivity index (χ4v) is 3.21. The van der Waals surface area contributed by atoms with Gasteiger partial charge in [0.05, 0.1) is 6.61 Å². The first-order valence-corrected chi connectivity index (χ1v) is 10.1. The third-order valence-corrected chi connectivity index (χ3v) is 4.96. The van der Waals surface area contributed by atoms with Gasteiger partial charge in [0.25, 0.3) is 0 Å². The molecule has 0 aromatic heterocycles. The van der Waals surface area contributed by atoms with Gasteiger partial charge >= 0.3 is 0 Å². The maximum absolute atomic E-state index is 11.4. The maximum atomic E-state index is 11.4. The van der Waals surface area contributed by atoms with Crippen molar-refractivity contribution in [3.05, 3.63) is 78.4 Å². The molecular weight excluding hydrogens is 344 g/mol. The third kappa shape index (κ3) is 5.32. The summed E-state index contributed by atoms with van der Waals surface area (Å²) >= 11 is 0. The molecule has 144 valence electrons. The lowest BCUT2D eigenvalue weighted by atomic mass is 9.99. The highest BCUT2D eigenvalue weighted by atomic mass is 16.5. The number of carbonyl (C=O) groups is 1. The van der Waals surface area contributed by atoms with Crippen molar-refractivity contribution < 1.29 is 9.53 Å². The van der Waals surface area contributed by atoms with Gasteiger partial charge in [0, 0.05) is 5.56 Å². The van der Waals surface area contributed by atoms with Crippen LogP contribution in [0.1, 0.15) is 49.9 Å². The molecule has 0 fully saturated rings. The number of rotatable bonds is 9. The summed E-state index contributed by atoms with van der Waals surface area (Å²) in [5, 5.41) is 0. The van der Waals surface area contributed by atoms with E-state index in [-0.39, 0.29) is 5.78 Å². The molecule has 3 aromatic carbocycles. The van der Waals surface area contributed by atoms with E-state index in [4.69, 9.17) is 4.74 Å². The van der Waals surface area contributed by atoms with Crippen LogP contribution in [0.5, 0.6) is 5.75 Å². The first-order chi connectivity index (χ1) is 13.7. The Kier molecular flexibility index (Phi) is 7.02. The first kappa shape index (κ1) is 19.9. The van der Waals surface area contributed by atoms with Crippen molar-refractivity contribution in [3.8, 4) is 28.0 Å². The lowest BCUT2D eigenvalue weighted by molar-refractivity contribution is 0.101. The van der Waals surface area contributed by atoms with Gasteiger partial charge in [0.2, 0.25) is 0 Å². The Bertz CT molecular complexity index is 875. The van der Waals surface area contributed by atoms with Crippen LogP contribution in [0.25, 0.3) is 22.3 Å². The molecule has 28 heavy (non-hydrogen) atoms. The summed E-state index contributed by atoms with van der Waals surface area (Å²) < 4.78 is 5.82. The van der Waals surface area contributed by atoms with Crippen LogP contribution in [-0.4, -0.2) is 12.4 Å². The van der Waals surface area contributed by atoms with Crippen LogP contribution in [0.15, 0.2) is 72.8 Å². The molecule has 0 N–H and O–H groups in total. The lowest BCUT2D eigenvalue weighted by Gasteiger charge is -2.08. The number of Topliss-reactive ketones (excluding diaryl/α,β-unsaturated/α-hetero) is 1. The van der Waals surface area contributed by atoms with Crippen molar-refractivity contribution in [2.75, 3.05) is 6.61 Å². The van der Waals surface area contributed by atoms with Crippen molar-refractivity contribution >= 4 is 5.78 Å². The van der Waals surface area contributed by atoms with Crippen LogP contribution < -0.4 is 4.74 Å². The minimum atomic E-state index is 0.0929. The van der Waals surface area contributed by atoms with Crippen LogP contribution in [0.2, 0.25) is 0 Å². The van der Waals surface area contributed by atoms with Gasteiger partial charge in [-0.25, -0.2) is 0 Å². The van der Waals surface area contributed by atoms with Crippen molar-refractivity contribution in [3.63, 3.8) is 0 Å². The second-order valence-corrected chi connectivity index (χ2v) is 7.14. The molecule has 0 heterocycles. The normalized spacial score (nSPS) is 10.6. The molecule has 2 heteroatoms. The average molecular weight is 373 g/mol. The van der Waals surface area contributed by atoms with Crippen molar-refractivity contribution in [2.24, 2.45) is 0 Å². The Labute approximate surface area is 168 Å². The molecule has 0 unspecified atom stereocenters. The number of hydrogen-bond acceptors (Lipinski definition) is 2. The minimum Gasteiger partial charge on any atom is -0.494 e. The van der Waals surface area contributed by atoms with Crippen molar-refractivity contribution in [1.29, 1.82) is 0 Å². The largest absolute Gasteiger partial charge is 0.494 e. The molecular formula is C26H28O2. The smallest absolute Gasteiger partial charge is 0.159 e.